The third-order valence-corrected chi connectivity index (χ3v) is 3.64. The van der Waals surface area contributed by atoms with Crippen molar-refractivity contribution in [3.05, 3.63) is 12.3 Å². The SMILES string of the molecule is CCC(NC(=O)C(O)C(C)(C)C)C(=O)N(c1ccon1)C(C)(C)C. The Labute approximate surface area is 143 Å². The Morgan fingerprint density at radius 1 is 1.29 bits per heavy atom. The minimum atomic E-state index is -1.20. The molecule has 0 spiro atoms. The van der Waals surface area contributed by atoms with Gasteiger partial charge in [0.05, 0.1) is 0 Å². The third-order valence-electron chi connectivity index (χ3n) is 3.64. The van der Waals surface area contributed by atoms with Crippen molar-refractivity contribution in [2.45, 2.75) is 72.6 Å². The largest absolute Gasteiger partial charge is 0.383 e. The average molecular weight is 339 g/mol. The van der Waals surface area contributed by atoms with Crippen LogP contribution < -0.4 is 10.2 Å². The number of rotatable bonds is 5. The Balaban J connectivity index is 3.01. The molecule has 0 aliphatic carbocycles. The minimum absolute atomic E-state index is 0.298. The fraction of sp³-hybridized carbons (Fsp3) is 0.706. The van der Waals surface area contributed by atoms with Gasteiger partial charge in [0.25, 0.3) is 5.91 Å². The van der Waals surface area contributed by atoms with Gasteiger partial charge in [-0.25, -0.2) is 0 Å². The van der Waals surface area contributed by atoms with Crippen LogP contribution in [0.15, 0.2) is 16.9 Å². The molecular formula is C17H29N3O4. The van der Waals surface area contributed by atoms with Crippen LogP contribution in [0.5, 0.6) is 0 Å². The molecule has 7 nitrogen and oxygen atoms in total. The lowest BCUT2D eigenvalue weighted by Gasteiger charge is -2.36. The number of anilines is 1. The number of hydrogen-bond donors (Lipinski definition) is 2. The molecule has 0 aromatic carbocycles. The first kappa shape index (κ1) is 20.2. The lowest BCUT2D eigenvalue weighted by atomic mass is 9.88. The molecule has 2 atom stereocenters. The monoisotopic (exact) mass is 339 g/mol. The molecule has 1 aromatic rings. The summed E-state index contributed by atoms with van der Waals surface area (Å²) in [6.45, 7) is 12.7. The number of carbonyl (C=O) groups is 2. The molecule has 7 heteroatoms. The van der Waals surface area contributed by atoms with E-state index in [4.69, 9.17) is 4.52 Å². The van der Waals surface area contributed by atoms with E-state index in [9.17, 15) is 14.7 Å². The standard InChI is InChI=1S/C17H29N3O4/c1-8-11(18-14(22)13(21)16(2,3)4)15(23)20(17(5,6)7)12-9-10-24-19-12/h9-11,13,21H,8H2,1-7H3,(H,18,22). The summed E-state index contributed by atoms with van der Waals surface area (Å²) in [6, 6.07) is 0.840. The van der Waals surface area contributed by atoms with Crippen LogP contribution in [0.2, 0.25) is 0 Å². The van der Waals surface area contributed by atoms with Crippen LogP contribution in [0, 0.1) is 5.41 Å². The third kappa shape index (κ3) is 4.80. The molecule has 1 aromatic heterocycles. The lowest BCUT2D eigenvalue weighted by molar-refractivity contribution is -0.138. The zero-order valence-electron chi connectivity index (χ0n) is 15.6. The number of nitrogens with one attached hydrogen (secondary N) is 1. The number of nitrogens with zero attached hydrogens (tertiary/aromatic N) is 2. The molecule has 0 aliphatic rings. The summed E-state index contributed by atoms with van der Waals surface area (Å²) in [7, 11) is 0. The van der Waals surface area contributed by atoms with Crippen LogP contribution in [0.25, 0.3) is 0 Å². The van der Waals surface area contributed by atoms with E-state index in [0.717, 1.165) is 0 Å². The van der Waals surface area contributed by atoms with Gasteiger partial charge in [0.15, 0.2) is 5.82 Å². The second-order valence-corrected chi connectivity index (χ2v) is 7.94. The summed E-state index contributed by atoms with van der Waals surface area (Å²) in [5.41, 5.74) is -1.16. The maximum absolute atomic E-state index is 13.0. The molecule has 0 aliphatic heterocycles. The molecule has 1 heterocycles. The molecular weight excluding hydrogens is 310 g/mol. The van der Waals surface area contributed by atoms with Crippen molar-refractivity contribution in [1.29, 1.82) is 0 Å². The highest BCUT2D eigenvalue weighted by Gasteiger charge is 2.37. The van der Waals surface area contributed by atoms with E-state index < -0.39 is 29.0 Å². The van der Waals surface area contributed by atoms with Gasteiger partial charge in [0.1, 0.15) is 18.4 Å². The molecule has 2 unspecified atom stereocenters. The van der Waals surface area contributed by atoms with Gasteiger partial charge in [0.2, 0.25) is 5.91 Å². The van der Waals surface area contributed by atoms with Crippen molar-refractivity contribution in [3.8, 4) is 0 Å². The Kier molecular flexibility index (Phi) is 6.16. The van der Waals surface area contributed by atoms with Gasteiger partial charge in [-0.05, 0) is 32.6 Å². The molecule has 0 saturated carbocycles. The molecule has 2 amide bonds. The predicted molar refractivity (Wildman–Crippen MR) is 91.4 cm³/mol. The second-order valence-electron chi connectivity index (χ2n) is 7.94. The molecule has 24 heavy (non-hydrogen) atoms. The highest BCUT2D eigenvalue weighted by molar-refractivity contribution is 5.99. The summed E-state index contributed by atoms with van der Waals surface area (Å²) in [4.78, 5) is 26.7. The summed E-state index contributed by atoms with van der Waals surface area (Å²) in [5, 5.41) is 16.6. The van der Waals surface area contributed by atoms with Gasteiger partial charge in [-0.15, -0.1) is 0 Å². The van der Waals surface area contributed by atoms with Gasteiger partial charge in [0, 0.05) is 11.6 Å². The first-order valence-corrected chi connectivity index (χ1v) is 8.12. The Bertz CT molecular complexity index is 555. The first-order chi connectivity index (χ1) is 10.9. The number of amides is 2. The van der Waals surface area contributed by atoms with Gasteiger partial charge >= 0.3 is 0 Å². The molecule has 0 saturated heterocycles. The van der Waals surface area contributed by atoms with E-state index in [0.29, 0.717) is 12.2 Å². The maximum Gasteiger partial charge on any atom is 0.251 e. The van der Waals surface area contributed by atoms with Crippen LogP contribution in [-0.2, 0) is 9.59 Å². The van der Waals surface area contributed by atoms with E-state index in [1.165, 1.54) is 11.2 Å². The number of aliphatic hydroxyl groups is 1. The van der Waals surface area contributed by atoms with Crippen molar-refractivity contribution in [2.75, 3.05) is 4.90 Å². The van der Waals surface area contributed by atoms with Crippen LogP contribution in [0.1, 0.15) is 54.9 Å². The van der Waals surface area contributed by atoms with Crippen molar-refractivity contribution < 1.29 is 19.2 Å². The number of aromatic nitrogens is 1. The summed E-state index contributed by atoms with van der Waals surface area (Å²) in [5.74, 6) is -0.471. The zero-order valence-corrected chi connectivity index (χ0v) is 15.6. The quantitative estimate of drug-likeness (QED) is 0.856. The number of carbonyl (C=O) groups excluding carboxylic acids is 2. The van der Waals surface area contributed by atoms with Gasteiger partial charge in [-0.3, -0.25) is 14.5 Å². The van der Waals surface area contributed by atoms with Crippen LogP contribution in [-0.4, -0.2) is 39.8 Å². The zero-order chi connectivity index (χ0) is 18.7. The highest BCUT2D eigenvalue weighted by Crippen LogP contribution is 2.24. The van der Waals surface area contributed by atoms with Crippen molar-refractivity contribution in [2.24, 2.45) is 5.41 Å². The van der Waals surface area contributed by atoms with E-state index >= 15 is 0 Å². The van der Waals surface area contributed by atoms with Crippen molar-refractivity contribution in [1.82, 2.24) is 10.5 Å². The predicted octanol–water partition coefficient (Wildman–Crippen LogP) is 2.11. The summed E-state index contributed by atoms with van der Waals surface area (Å²) < 4.78 is 4.85. The van der Waals surface area contributed by atoms with E-state index in [-0.39, 0.29) is 5.91 Å². The van der Waals surface area contributed by atoms with Crippen LogP contribution >= 0.6 is 0 Å². The summed E-state index contributed by atoms with van der Waals surface area (Å²) >= 11 is 0. The highest BCUT2D eigenvalue weighted by atomic mass is 16.5. The number of aliphatic hydroxyl groups excluding tert-OH is 1. The van der Waals surface area contributed by atoms with Gasteiger partial charge < -0.3 is 14.9 Å². The van der Waals surface area contributed by atoms with Crippen molar-refractivity contribution >= 4 is 17.6 Å². The Hall–Kier alpha value is -1.89. The Morgan fingerprint density at radius 3 is 2.25 bits per heavy atom. The molecule has 2 N–H and O–H groups in total. The van der Waals surface area contributed by atoms with Crippen molar-refractivity contribution in [3.63, 3.8) is 0 Å². The van der Waals surface area contributed by atoms with E-state index in [1.54, 1.807) is 33.8 Å². The maximum atomic E-state index is 13.0. The molecule has 0 bridgehead atoms. The first-order valence-electron chi connectivity index (χ1n) is 8.12. The molecule has 0 fully saturated rings. The van der Waals surface area contributed by atoms with Crippen LogP contribution in [0.4, 0.5) is 5.82 Å². The normalized spacial score (nSPS) is 14.8. The fourth-order valence-corrected chi connectivity index (χ4v) is 2.25. The molecule has 0 radical (unpaired) electrons. The van der Waals surface area contributed by atoms with E-state index in [1.807, 2.05) is 20.8 Å². The topological polar surface area (TPSA) is 95.7 Å². The fourth-order valence-electron chi connectivity index (χ4n) is 2.25. The van der Waals surface area contributed by atoms with Crippen LogP contribution in [0.3, 0.4) is 0 Å². The summed E-state index contributed by atoms with van der Waals surface area (Å²) in [6.07, 6.45) is 0.588. The average Bonchev–Trinajstić information content (AvgIpc) is 2.94. The van der Waals surface area contributed by atoms with Gasteiger partial charge in [-0.1, -0.05) is 32.9 Å². The Morgan fingerprint density at radius 2 is 1.88 bits per heavy atom. The lowest BCUT2D eigenvalue weighted by Crippen LogP contribution is -2.57. The smallest absolute Gasteiger partial charge is 0.251 e. The second kappa shape index (κ2) is 7.34. The molecule has 136 valence electrons. The minimum Gasteiger partial charge on any atom is -0.383 e. The van der Waals surface area contributed by atoms with Gasteiger partial charge in [-0.2, -0.15) is 0 Å². The molecule has 1 rings (SSSR count). The number of hydrogen-bond acceptors (Lipinski definition) is 5. The van der Waals surface area contributed by atoms with E-state index in [2.05, 4.69) is 10.5 Å².